The zero-order valence-corrected chi connectivity index (χ0v) is 14.8. The Morgan fingerprint density at radius 3 is 2.76 bits per heavy atom. The molecule has 0 atom stereocenters. The quantitative estimate of drug-likeness (QED) is 0.762. The van der Waals surface area contributed by atoms with Gasteiger partial charge in [0.2, 0.25) is 10.0 Å². The Morgan fingerprint density at radius 2 is 2.24 bits per heavy atom. The first-order valence-electron chi connectivity index (χ1n) is 5.73. The van der Waals surface area contributed by atoms with E-state index in [1.54, 1.807) is 13.0 Å². The van der Waals surface area contributed by atoms with E-state index in [9.17, 15) is 13.2 Å². The van der Waals surface area contributed by atoms with Crippen LogP contribution in [0, 0.1) is 6.92 Å². The van der Waals surface area contributed by atoms with Crippen LogP contribution in [-0.4, -0.2) is 31.0 Å². The van der Waals surface area contributed by atoms with Crippen molar-refractivity contribution in [2.45, 2.75) is 18.2 Å². The van der Waals surface area contributed by atoms with E-state index < -0.39 is 16.0 Å². The number of sulfonamides is 1. The molecule has 0 spiro atoms. The van der Waals surface area contributed by atoms with Crippen LogP contribution in [0.3, 0.4) is 0 Å². The van der Waals surface area contributed by atoms with Gasteiger partial charge in [-0.05, 0) is 28.9 Å². The van der Waals surface area contributed by atoms with Crippen LogP contribution in [0.25, 0.3) is 0 Å². The number of thiophene rings is 1. The number of aromatic nitrogens is 1. The van der Waals surface area contributed by atoms with Crippen molar-refractivity contribution in [2.75, 3.05) is 6.54 Å². The summed E-state index contributed by atoms with van der Waals surface area (Å²) in [7, 11) is -3.56. The van der Waals surface area contributed by atoms with Crippen molar-refractivity contribution in [1.29, 1.82) is 0 Å². The lowest BCUT2D eigenvalue weighted by molar-refractivity contribution is 0.0691. The molecule has 2 rings (SSSR count). The van der Waals surface area contributed by atoms with E-state index in [2.05, 4.69) is 25.6 Å². The molecule has 0 saturated carbocycles. The Morgan fingerprint density at radius 1 is 1.52 bits per heavy atom. The van der Waals surface area contributed by atoms with Gasteiger partial charge in [0, 0.05) is 23.2 Å². The van der Waals surface area contributed by atoms with Gasteiger partial charge < -0.3 is 5.11 Å². The molecule has 2 aromatic heterocycles. The first-order chi connectivity index (χ1) is 9.79. The summed E-state index contributed by atoms with van der Waals surface area (Å²) in [5.41, 5.74) is -0.0181. The van der Waals surface area contributed by atoms with E-state index >= 15 is 0 Å². The standard InChI is InChI=1S/C11H11BrN2O4S3/c1-6-8(4-9(12)20-6)21(17,18)13-3-2-10-14-7(5-19-10)11(15)16/h4-5,13H,2-3H2,1H3,(H,15,16). The number of aryl methyl sites for hydroxylation is 1. The number of carboxylic acids is 1. The summed E-state index contributed by atoms with van der Waals surface area (Å²) in [6, 6.07) is 1.56. The number of hydrogen-bond donors (Lipinski definition) is 2. The van der Waals surface area contributed by atoms with E-state index in [0.29, 0.717) is 16.3 Å². The Labute approximate surface area is 138 Å². The largest absolute Gasteiger partial charge is 0.476 e. The fraction of sp³-hybridized carbons (Fsp3) is 0.273. The Hall–Kier alpha value is -0.810. The van der Waals surface area contributed by atoms with E-state index in [1.807, 2.05) is 0 Å². The average molecular weight is 411 g/mol. The van der Waals surface area contributed by atoms with Gasteiger partial charge in [-0.2, -0.15) is 0 Å². The molecule has 0 unspecified atom stereocenters. The minimum atomic E-state index is -3.56. The molecular formula is C11H11BrN2O4S3. The molecule has 0 fully saturated rings. The minimum Gasteiger partial charge on any atom is -0.476 e. The molecule has 2 aromatic rings. The third kappa shape index (κ3) is 4.10. The SMILES string of the molecule is Cc1sc(Br)cc1S(=O)(=O)NCCc1nc(C(=O)O)cs1. The second kappa shape index (κ2) is 6.53. The van der Waals surface area contributed by atoms with Crippen molar-refractivity contribution in [3.63, 3.8) is 0 Å². The summed E-state index contributed by atoms with van der Waals surface area (Å²) in [4.78, 5) is 15.6. The first-order valence-corrected chi connectivity index (χ1v) is 9.70. The molecule has 114 valence electrons. The van der Waals surface area contributed by atoms with E-state index in [0.717, 1.165) is 3.79 Å². The number of carbonyl (C=O) groups is 1. The molecule has 0 aliphatic heterocycles. The third-order valence-electron chi connectivity index (χ3n) is 2.53. The number of aromatic carboxylic acids is 1. The molecule has 0 amide bonds. The lowest BCUT2D eigenvalue weighted by atomic mass is 10.4. The van der Waals surface area contributed by atoms with Gasteiger partial charge in [0.25, 0.3) is 0 Å². The molecule has 0 bridgehead atoms. The minimum absolute atomic E-state index is 0.0181. The molecule has 2 heterocycles. The maximum absolute atomic E-state index is 12.1. The number of thiazole rings is 1. The maximum Gasteiger partial charge on any atom is 0.355 e. The summed E-state index contributed by atoms with van der Waals surface area (Å²) >= 11 is 5.81. The predicted molar refractivity (Wildman–Crippen MR) is 84.7 cm³/mol. The zero-order valence-electron chi connectivity index (χ0n) is 10.8. The molecule has 0 saturated heterocycles. The topological polar surface area (TPSA) is 96.4 Å². The van der Waals surface area contributed by atoms with Gasteiger partial charge in [0.1, 0.15) is 0 Å². The van der Waals surface area contributed by atoms with Gasteiger partial charge in [0.15, 0.2) is 5.69 Å². The van der Waals surface area contributed by atoms with E-state index in [1.165, 1.54) is 28.1 Å². The van der Waals surface area contributed by atoms with Crippen LogP contribution in [0.5, 0.6) is 0 Å². The zero-order chi connectivity index (χ0) is 15.6. The van der Waals surface area contributed by atoms with Crippen LogP contribution in [-0.2, 0) is 16.4 Å². The second-order valence-corrected chi connectivity index (χ2v) is 9.36. The van der Waals surface area contributed by atoms with Crippen molar-refractivity contribution in [3.05, 3.63) is 30.8 Å². The molecule has 0 aromatic carbocycles. The predicted octanol–water partition coefficient (Wildman–Crippen LogP) is 2.49. The van der Waals surface area contributed by atoms with Crippen molar-refractivity contribution in [2.24, 2.45) is 0 Å². The number of rotatable bonds is 6. The number of halogens is 1. The van der Waals surface area contributed by atoms with Crippen molar-refractivity contribution < 1.29 is 18.3 Å². The second-order valence-electron chi connectivity index (χ2n) is 4.05. The maximum atomic E-state index is 12.1. The van der Waals surface area contributed by atoms with Crippen molar-refractivity contribution >= 4 is 54.6 Å². The normalized spacial score (nSPS) is 11.7. The Kier molecular flexibility index (Phi) is 5.15. The summed E-state index contributed by atoms with van der Waals surface area (Å²) in [5, 5.41) is 10.8. The van der Waals surface area contributed by atoms with Crippen molar-refractivity contribution in [3.8, 4) is 0 Å². The highest BCUT2D eigenvalue weighted by atomic mass is 79.9. The highest BCUT2D eigenvalue weighted by molar-refractivity contribution is 9.11. The smallest absolute Gasteiger partial charge is 0.355 e. The molecule has 0 aliphatic carbocycles. The molecule has 0 aliphatic rings. The lowest BCUT2D eigenvalue weighted by Gasteiger charge is -2.04. The fourth-order valence-electron chi connectivity index (χ4n) is 1.59. The van der Waals surface area contributed by atoms with Crippen LogP contribution in [0.1, 0.15) is 20.4 Å². The Bertz CT molecular complexity index is 766. The first kappa shape index (κ1) is 16.6. The van der Waals surface area contributed by atoms with Crippen LogP contribution < -0.4 is 4.72 Å². The highest BCUT2D eigenvalue weighted by Gasteiger charge is 2.19. The van der Waals surface area contributed by atoms with Gasteiger partial charge in [-0.1, -0.05) is 0 Å². The lowest BCUT2D eigenvalue weighted by Crippen LogP contribution is -2.26. The van der Waals surface area contributed by atoms with Crippen LogP contribution in [0.4, 0.5) is 0 Å². The molecule has 0 radical (unpaired) electrons. The van der Waals surface area contributed by atoms with Crippen LogP contribution in [0.2, 0.25) is 0 Å². The van der Waals surface area contributed by atoms with Gasteiger partial charge >= 0.3 is 5.97 Å². The number of carboxylic acid groups (broad SMARTS) is 1. The average Bonchev–Trinajstić information content (AvgIpc) is 2.96. The number of nitrogens with one attached hydrogen (secondary N) is 1. The van der Waals surface area contributed by atoms with E-state index in [4.69, 9.17) is 5.11 Å². The van der Waals surface area contributed by atoms with Gasteiger partial charge in [-0.15, -0.1) is 22.7 Å². The molecule has 10 heteroatoms. The monoisotopic (exact) mass is 410 g/mol. The number of hydrogen-bond acceptors (Lipinski definition) is 6. The molecule has 2 N–H and O–H groups in total. The van der Waals surface area contributed by atoms with E-state index in [-0.39, 0.29) is 17.1 Å². The molecule has 6 nitrogen and oxygen atoms in total. The fourth-order valence-corrected chi connectivity index (χ4v) is 5.81. The summed E-state index contributed by atoms with van der Waals surface area (Å²) in [6.45, 7) is 1.91. The highest BCUT2D eigenvalue weighted by Crippen LogP contribution is 2.29. The summed E-state index contributed by atoms with van der Waals surface area (Å²) < 4.78 is 27.5. The van der Waals surface area contributed by atoms with Crippen LogP contribution >= 0.6 is 38.6 Å². The molecular weight excluding hydrogens is 400 g/mol. The van der Waals surface area contributed by atoms with Gasteiger partial charge in [0.05, 0.1) is 13.7 Å². The molecule has 21 heavy (non-hydrogen) atoms. The summed E-state index contributed by atoms with van der Waals surface area (Å²) in [6.07, 6.45) is 0.349. The van der Waals surface area contributed by atoms with Crippen LogP contribution in [0.15, 0.2) is 20.1 Å². The number of nitrogens with zero attached hydrogens (tertiary/aromatic N) is 1. The third-order valence-corrected chi connectivity index (χ3v) is 6.71. The Balaban J connectivity index is 1.99. The van der Waals surface area contributed by atoms with Gasteiger partial charge in [-0.25, -0.2) is 22.9 Å². The van der Waals surface area contributed by atoms with Crippen molar-refractivity contribution in [1.82, 2.24) is 9.71 Å². The van der Waals surface area contributed by atoms with Gasteiger partial charge in [-0.3, -0.25) is 0 Å². The summed E-state index contributed by atoms with van der Waals surface area (Å²) in [5.74, 6) is -1.09.